The minimum absolute atomic E-state index is 0.00954. The second-order valence-corrected chi connectivity index (χ2v) is 8.87. The van der Waals surface area contributed by atoms with Crippen molar-refractivity contribution in [2.24, 2.45) is 0 Å². The van der Waals surface area contributed by atoms with Gasteiger partial charge in [-0.25, -0.2) is 0 Å². The Morgan fingerprint density at radius 3 is 2.74 bits per heavy atom. The fourth-order valence-electron chi connectivity index (χ4n) is 4.02. The molecule has 0 saturated carbocycles. The molecule has 2 aliphatic heterocycles. The summed E-state index contributed by atoms with van der Waals surface area (Å²) in [6.07, 6.45) is 7.92. The number of benzene rings is 1. The van der Waals surface area contributed by atoms with Crippen LogP contribution in [0.2, 0.25) is 0 Å². The Morgan fingerprint density at radius 1 is 1.16 bits per heavy atom. The predicted molar refractivity (Wildman–Crippen MR) is 128 cm³/mol. The van der Waals surface area contributed by atoms with E-state index in [0.29, 0.717) is 13.1 Å². The van der Waals surface area contributed by atoms with E-state index in [-0.39, 0.29) is 24.5 Å². The topological polar surface area (TPSA) is 65.5 Å². The molecule has 162 valence electrons. The molecular formula is C24H28N4O2S. The fourth-order valence-corrected chi connectivity index (χ4v) is 4.83. The maximum atomic E-state index is 12.5. The van der Waals surface area contributed by atoms with Crippen molar-refractivity contribution in [1.82, 2.24) is 15.2 Å². The van der Waals surface area contributed by atoms with Gasteiger partial charge in [0.1, 0.15) is 0 Å². The van der Waals surface area contributed by atoms with Crippen LogP contribution in [-0.4, -0.2) is 60.2 Å². The van der Waals surface area contributed by atoms with Gasteiger partial charge in [0, 0.05) is 73.6 Å². The summed E-state index contributed by atoms with van der Waals surface area (Å²) in [7, 11) is 0. The molecule has 4 rings (SSSR count). The number of piperazine rings is 1. The average Bonchev–Trinajstić information content (AvgIpc) is 3.30. The number of amides is 1. The molecule has 2 aromatic rings. The van der Waals surface area contributed by atoms with Crippen molar-refractivity contribution >= 4 is 46.1 Å². The van der Waals surface area contributed by atoms with Crippen LogP contribution >= 0.6 is 11.8 Å². The van der Waals surface area contributed by atoms with Gasteiger partial charge in [-0.1, -0.05) is 12.1 Å². The van der Waals surface area contributed by atoms with Crippen LogP contribution in [0.5, 0.6) is 0 Å². The van der Waals surface area contributed by atoms with Crippen LogP contribution in [0.4, 0.5) is 5.69 Å². The molecule has 0 spiro atoms. The lowest BCUT2D eigenvalue weighted by molar-refractivity contribution is -0.132. The number of hydrogen-bond donors (Lipinski definition) is 1. The molecule has 0 atom stereocenters. The van der Waals surface area contributed by atoms with Gasteiger partial charge in [-0.05, 0) is 42.8 Å². The van der Waals surface area contributed by atoms with Crippen LogP contribution in [0.3, 0.4) is 0 Å². The van der Waals surface area contributed by atoms with E-state index in [9.17, 15) is 9.59 Å². The molecule has 1 aromatic carbocycles. The number of hydrogen-bond acceptors (Lipinski definition) is 6. The summed E-state index contributed by atoms with van der Waals surface area (Å²) >= 11 is 1.85. The summed E-state index contributed by atoms with van der Waals surface area (Å²) in [5.41, 5.74) is 3.34. The first-order valence-electron chi connectivity index (χ1n) is 10.7. The largest absolute Gasteiger partial charge is 0.367 e. The van der Waals surface area contributed by atoms with Gasteiger partial charge in [0.05, 0.1) is 5.52 Å². The average molecular weight is 437 g/mol. The van der Waals surface area contributed by atoms with E-state index in [2.05, 4.69) is 45.5 Å². The quantitative estimate of drug-likeness (QED) is 0.700. The van der Waals surface area contributed by atoms with E-state index in [0.717, 1.165) is 42.1 Å². The normalized spacial score (nSPS) is 18.4. The predicted octanol–water partition coefficient (Wildman–Crippen LogP) is 3.44. The van der Waals surface area contributed by atoms with E-state index in [1.54, 1.807) is 6.08 Å². The van der Waals surface area contributed by atoms with Crippen LogP contribution < -0.4 is 10.2 Å². The molecule has 0 aliphatic carbocycles. The van der Waals surface area contributed by atoms with Gasteiger partial charge in [-0.2, -0.15) is 0 Å². The third-order valence-electron chi connectivity index (χ3n) is 5.64. The molecular weight excluding hydrogens is 408 g/mol. The second-order valence-electron chi connectivity index (χ2n) is 7.77. The smallest absolute Gasteiger partial charge is 0.223 e. The van der Waals surface area contributed by atoms with Gasteiger partial charge in [0.15, 0.2) is 5.78 Å². The molecule has 0 bridgehead atoms. The molecule has 2 aliphatic rings. The molecule has 3 heterocycles. The minimum atomic E-state index is 0.00954. The molecule has 6 nitrogen and oxygen atoms in total. The number of fused-ring (bicyclic) bond motifs is 1. The third-order valence-corrected chi connectivity index (χ3v) is 6.62. The molecule has 31 heavy (non-hydrogen) atoms. The number of ketones is 1. The number of aromatic nitrogens is 1. The highest BCUT2D eigenvalue weighted by atomic mass is 32.2. The highest BCUT2D eigenvalue weighted by Gasteiger charge is 2.22. The molecule has 0 radical (unpaired) electrons. The Labute approximate surface area is 187 Å². The molecule has 2 saturated heterocycles. The van der Waals surface area contributed by atoms with Crippen LogP contribution in [-0.2, 0) is 9.59 Å². The Hall–Kier alpha value is -2.64. The molecule has 0 unspecified atom stereocenters. The Morgan fingerprint density at radius 2 is 2.00 bits per heavy atom. The summed E-state index contributed by atoms with van der Waals surface area (Å²) in [6, 6.07) is 8.49. The molecule has 1 amide bonds. The first kappa shape index (κ1) is 21.6. The molecule has 2 fully saturated rings. The zero-order chi connectivity index (χ0) is 21.6. The van der Waals surface area contributed by atoms with E-state index >= 15 is 0 Å². The summed E-state index contributed by atoms with van der Waals surface area (Å²) in [5.74, 6) is 1.04. The Bertz CT molecular complexity index is 1020. The first-order chi connectivity index (χ1) is 15.1. The maximum Gasteiger partial charge on any atom is 0.223 e. The van der Waals surface area contributed by atoms with E-state index in [1.807, 2.05) is 29.8 Å². The number of carbonyl (C=O) groups excluding carboxylic acids is 2. The van der Waals surface area contributed by atoms with Crippen LogP contribution in [0.1, 0.15) is 25.3 Å². The van der Waals surface area contributed by atoms with Crippen molar-refractivity contribution in [3.05, 3.63) is 53.1 Å². The molecule has 1 N–H and O–H groups in total. The second kappa shape index (κ2) is 10.1. The zero-order valence-corrected chi connectivity index (χ0v) is 18.7. The number of allylic oxidation sites excluding steroid dienone is 2. The number of rotatable bonds is 6. The lowest BCUT2D eigenvalue weighted by atomic mass is 10.1. The summed E-state index contributed by atoms with van der Waals surface area (Å²) < 4.78 is 0. The van der Waals surface area contributed by atoms with Gasteiger partial charge in [-0.3, -0.25) is 14.6 Å². The van der Waals surface area contributed by atoms with Crippen LogP contribution in [0, 0.1) is 0 Å². The number of pyridine rings is 1. The molecule has 1 aromatic heterocycles. The van der Waals surface area contributed by atoms with Crippen molar-refractivity contribution in [3.8, 4) is 0 Å². The van der Waals surface area contributed by atoms with Gasteiger partial charge >= 0.3 is 0 Å². The first-order valence-corrected chi connectivity index (χ1v) is 11.7. The zero-order valence-electron chi connectivity index (χ0n) is 17.8. The Balaban J connectivity index is 1.44. The minimum Gasteiger partial charge on any atom is -0.367 e. The van der Waals surface area contributed by atoms with Crippen molar-refractivity contribution < 1.29 is 9.59 Å². The van der Waals surface area contributed by atoms with E-state index < -0.39 is 0 Å². The lowest BCUT2D eigenvalue weighted by Crippen LogP contribution is -2.48. The van der Waals surface area contributed by atoms with Crippen LogP contribution in [0.25, 0.3) is 17.0 Å². The molecule has 7 heteroatoms. The number of nitrogens with one attached hydrogen (secondary N) is 1. The SMILES string of the molecule is C/C=C/C(=O)CCC(=O)N1CCN(c2ccnc3ccc(/C=C4/CNCS4)cc23)CC1. The summed E-state index contributed by atoms with van der Waals surface area (Å²) in [6.45, 7) is 5.64. The van der Waals surface area contributed by atoms with Gasteiger partial charge in [0.25, 0.3) is 0 Å². The van der Waals surface area contributed by atoms with Gasteiger partial charge < -0.3 is 15.1 Å². The van der Waals surface area contributed by atoms with Crippen molar-refractivity contribution in [2.45, 2.75) is 19.8 Å². The highest BCUT2D eigenvalue weighted by molar-refractivity contribution is 8.03. The lowest BCUT2D eigenvalue weighted by Gasteiger charge is -2.36. The van der Waals surface area contributed by atoms with Gasteiger partial charge in [-0.15, -0.1) is 11.8 Å². The van der Waals surface area contributed by atoms with Crippen molar-refractivity contribution in [3.63, 3.8) is 0 Å². The van der Waals surface area contributed by atoms with E-state index in [1.165, 1.54) is 16.5 Å². The number of anilines is 1. The number of nitrogens with zero attached hydrogens (tertiary/aromatic N) is 3. The monoisotopic (exact) mass is 436 g/mol. The number of carbonyl (C=O) groups is 2. The third kappa shape index (κ3) is 5.35. The van der Waals surface area contributed by atoms with Gasteiger partial charge in [0.2, 0.25) is 5.91 Å². The maximum absolute atomic E-state index is 12.5. The highest BCUT2D eigenvalue weighted by Crippen LogP contribution is 2.29. The van der Waals surface area contributed by atoms with Crippen LogP contribution in [0.15, 0.2) is 47.5 Å². The number of thioether (sulfide) groups is 1. The summed E-state index contributed by atoms with van der Waals surface area (Å²) in [5, 5.41) is 4.49. The fraction of sp³-hybridized carbons (Fsp3) is 0.375. The van der Waals surface area contributed by atoms with E-state index in [4.69, 9.17) is 0 Å². The summed E-state index contributed by atoms with van der Waals surface area (Å²) in [4.78, 5) is 34.2. The Kier molecular flexibility index (Phi) is 7.04. The standard InChI is InChI=1S/C24H28N4O2S/c1-2-3-19(29)5-7-24(30)28-12-10-27(11-13-28)23-8-9-26-22-6-4-18(15-21(22)23)14-20-16-25-17-31-20/h2-4,6,8-9,14-15,25H,5,7,10-13,16-17H2,1H3/b3-2+,20-14-. The van der Waals surface area contributed by atoms with Crippen molar-refractivity contribution in [2.75, 3.05) is 43.5 Å². The van der Waals surface area contributed by atoms with Crippen molar-refractivity contribution in [1.29, 1.82) is 0 Å².